The molecule has 0 radical (unpaired) electrons. The Balaban J connectivity index is 1.45. The highest BCUT2D eigenvalue weighted by atomic mass is 35.5. The van der Waals surface area contributed by atoms with E-state index in [2.05, 4.69) is 15.6 Å². The van der Waals surface area contributed by atoms with E-state index >= 15 is 0 Å². The van der Waals surface area contributed by atoms with E-state index in [1.165, 1.54) is 0 Å². The van der Waals surface area contributed by atoms with E-state index in [0.717, 1.165) is 55.3 Å². The van der Waals surface area contributed by atoms with Crippen molar-refractivity contribution in [3.8, 4) is 5.75 Å². The molecule has 24 heavy (non-hydrogen) atoms. The predicted molar refractivity (Wildman–Crippen MR) is 104 cm³/mol. The molecule has 0 aliphatic heterocycles. The zero-order valence-electron chi connectivity index (χ0n) is 13.5. The first-order chi connectivity index (χ1) is 11.7. The molecule has 0 amide bonds. The van der Waals surface area contributed by atoms with Gasteiger partial charge in [0, 0.05) is 17.8 Å². The number of benzene rings is 1. The van der Waals surface area contributed by atoms with Gasteiger partial charge in [-0.1, -0.05) is 24.4 Å². The first kappa shape index (κ1) is 18.5. The molecule has 4 nitrogen and oxygen atoms in total. The maximum Gasteiger partial charge on any atom is 0.170 e. The van der Waals surface area contributed by atoms with Gasteiger partial charge < -0.3 is 15.4 Å². The van der Waals surface area contributed by atoms with E-state index in [-0.39, 0.29) is 0 Å². The van der Waals surface area contributed by atoms with E-state index in [9.17, 15) is 0 Å². The monoisotopic (exact) mass is 363 g/mol. The summed E-state index contributed by atoms with van der Waals surface area (Å²) >= 11 is 11.1. The highest BCUT2D eigenvalue weighted by Crippen LogP contribution is 2.15. The Morgan fingerprint density at radius 1 is 1.08 bits per heavy atom. The Labute approximate surface area is 153 Å². The van der Waals surface area contributed by atoms with Gasteiger partial charge in [-0.05, 0) is 61.5 Å². The number of rotatable bonds is 9. The summed E-state index contributed by atoms with van der Waals surface area (Å²) in [5.74, 6) is 0.868. The summed E-state index contributed by atoms with van der Waals surface area (Å²) in [4.78, 5) is 4.03. The number of hydrogen-bond acceptors (Lipinski definition) is 3. The highest BCUT2D eigenvalue weighted by Gasteiger charge is 1.97. The van der Waals surface area contributed by atoms with Gasteiger partial charge in [-0.15, -0.1) is 0 Å². The fraction of sp³-hybridized carbons (Fsp3) is 0.333. The lowest BCUT2D eigenvalue weighted by atomic mass is 10.2. The Morgan fingerprint density at radius 3 is 2.62 bits per heavy atom. The Hall–Kier alpha value is -1.85. The smallest absolute Gasteiger partial charge is 0.170 e. The summed E-state index contributed by atoms with van der Waals surface area (Å²) in [5.41, 5.74) is 0.898. The zero-order chi connectivity index (χ0) is 17.0. The lowest BCUT2D eigenvalue weighted by molar-refractivity contribution is 0.304. The molecule has 2 N–H and O–H groups in total. The number of nitrogens with one attached hydrogen (secondary N) is 2. The van der Waals surface area contributed by atoms with Crippen LogP contribution in [0.5, 0.6) is 5.75 Å². The van der Waals surface area contributed by atoms with Gasteiger partial charge in [0.15, 0.2) is 5.11 Å². The second-order valence-electron chi connectivity index (χ2n) is 5.34. The van der Waals surface area contributed by atoms with Crippen LogP contribution in [0.4, 0.5) is 5.69 Å². The Morgan fingerprint density at radius 2 is 1.88 bits per heavy atom. The van der Waals surface area contributed by atoms with Crippen LogP contribution in [0.1, 0.15) is 25.7 Å². The Kier molecular flexibility index (Phi) is 8.35. The number of thiocarbonyl (C=S) groups is 1. The standard InChI is InChI=1S/C18H22ClN3OS/c19-15-7-9-17(10-8-15)23-13-4-2-1-3-12-21-18(24)22-16-6-5-11-20-14-16/h5-11,14H,1-4,12-13H2,(H2,21,22,24). The minimum atomic E-state index is 0.633. The summed E-state index contributed by atoms with van der Waals surface area (Å²) in [5, 5.41) is 7.67. The van der Waals surface area contributed by atoms with Crippen molar-refractivity contribution >= 4 is 34.6 Å². The topological polar surface area (TPSA) is 46.2 Å². The maximum atomic E-state index is 5.83. The SMILES string of the molecule is S=C(NCCCCCCOc1ccc(Cl)cc1)Nc1cccnc1. The molecule has 128 valence electrons. The third kappa shape index (κ3) is 7.62. The highest BCUT2D eigenvalue weighted by molar-refractivity contribution is 7.80. The van der Waals surface area contributed by atoms with Crippen LogP contribution in [0.2, 0.25) is 5.02 Å². The average molecular weight is 364 g/mol. The van der Waals surface area contributed by atoms with Crippen LogP contribution in [0.3, 0.4) is 0 Å². The molecule has 1 aromatic heterocycles. The van der Waals surface area contributed by atoms with E-state index < -0.39 is 0 Å². The van der Waals surface area contributed by atoms with Crippen LogP contribution in [0, 0.1) is 0 Å². The van der Waals surface area contributed by atoms with Crippen molar-refractivity contribution in [2.45, 2.75) is 25.7 Å². The molecule has 0 atom stereocenters. The molecular formula is C18H22ClN3OS. The number of aromatic nitrogens is 1. The molecule has 0 saturated heterocycles. The van der Waals surface area contributed by atoms with Crippen LogP contribution in [-0.4, -0.2) is 23.2 Å². The van der Waals surface area contributed by atoms with Gasteiger partial charge in [0.25, 0.3) is 0 Å². The normalized spacial score (nSPS) is 10.2. The van der Waals surface area contributed by atoms with Gasteiger partial charge in [-0.3, -0.25) is 4.98 Å². The van der Waals surface area contributed by atoms with Crippen LogP contribution in [-0.2, 0) is 0 Å². The summed E-state index contributed by atoms with van der Waals surface area (Å²) in [6.07, 6.45) is 7.88. The predicted octanol–water partition coefficient (Wildman–Crippen LogP) is 4.66. The van der Waals surface area contributed by atoms with E-state index in [0.29, 0.717) is 5.11 Å². The molecular weight excluding hydrogens is 342 g/mol. The molecule has 2 aromatic rings. The van der Waals surface area contributed by atoms with Gasteiger partial charge in [0.1, 0.15) is 5.75 Å². The number of unbranched alkanes of at least 4 members (excludes halogenated alkanes) is 3. The Bertz CT molecular complexity index is 607. The molecule has 0 aliphatic rings. The number of halogens is 1. The van der Waals surface area contributed by atoms with Crippen molar-refractivity contribution in [3.63, 3.8) is 0 Å². The van der Waals surface area contributed by atoms with Gasteiger partial charge in [-0.2, -0.15) is 0 Å². The molecule has 0 fully saturated rings. The molecule has 0 aliphatic carbocycles. The third-order valence-electron chi connectivity index (χ3n) is 3.36. The van der Waals surface area contributed by atoms with Gasteiger partial charge in [0.05, 0.1) is 18.5 Å². The van der Waals surface area contributed by atoms with Gasteiger partial charge in [0.2, 0.25) is 0 Å². The van der Waals surface area contributed by atoms with Gasteiger partial charge >= 0.3 is 0 Å². The zero-order valence-corrected chi connectivity index (χ0v) is 15.1. The van der Waals surface area contributed by atoms with Crippen molar-refractivity contribution in [3.05, 3.63) is 53.8 Å². The minimum absolute atomic E-state index is 0.633. The van der Waals surface area contributed by atoms with E-state index in [1.807, 2.05) is 36.4 Å². The minimum Gasteiger partial charge on any atom is -0.494 e. The van der Waals surface area contributed by atoms with E-state index in [1.54, 1.807) is 12.4 Å². The van der Waals surface area contributed by atoms with Crippen LogP contribution < -0.4 is 15.4 Å². The van der Waals surface area contributed by atoms with Crippen molar-refractivity contribution in [2.75, 3.05) is 18.5 Å². The van der Waals surface area contributed by atoms with E-state index in [4.69, 9.17) is 28.6 Å². The summed E-state index contributed by atoms with van der Waals surface area (Å²) in [7, 11) is 0. The molecule has 0 spiro atoms. The first-order valence-corrected chi connectivity index (χ1v) is 8.86. The average Bonchev–Trinajstić information content (AvgIpc) is 2.60. The molecule has 0 bridgehead atoms. The molecule has 1 heterocycles. The fourth-order valence-corrected chi connectivity index (χ4v) is 2.46. The van der Waals surface area contributed by atoms with Gasteiger partial charge in [-0.25, -0.2) is 0 Å². The van der Waals surface area contributed by atoms with Crippen LogP contribution in [0.15, 0.2) is 48.8 Å². The number of anilines is 1. The molecule has 0 unspecified atom stereocenters. The molecule has 6 heteroatoms. The second-order valence-corrected chi connectivity index (χ2v) is 6.18. The molecule has 2 rings (SSSR count). The lowest BCUT2D eigenvalue weighted by Gasteiger charge is -2.10. The number of hydrogen-bond donors (Lipinski definition) is 2. The van der Waals surface area contributed by atoms with Crippen LogP contribution in [0.25, 0.3) is 0 Å². The summed E-state index contributed by atoms with van der Waals surface area (Å²) < 4.78 is 5.66. The largest absolute Gasteiger partial charge is 0.494 e. The summed E-state index contributed by atoms with van der Waals surface area (Å²) in [6, 6.07) is 11.3. The van der Waals surface area contributed by atoms with Crippen molar-refractivity contribution in [1.82, 2.24) is 10.3 Å². The quantitative estimate of drug-likeness (QED) is 0.501. The first-order valence-electron chi connectivity index (χ1n) is 8.07. The fourth-order valence-electron chi connectivity index (χ4n) is 2.12. The van der Waals surface area contributed by atoms with Crippen molar-refractivity contribution in [2.24, 2.45) is 0 Å². The number of nitrogens with zero attached hydrogens (tertiary/aromatic N) is 1. The second kappa shape index (κ2) is 10.8. The molecule has 0 saturated carbocycles. The van der Waals surface area contributed by atoms with Crippen molar-refractivity contribution in [1.29, 1.82) is 0 Å². The number of pyridine rings is 1. The van der Waals surface area contributed by atoms with Crippen LogP contribution >= 0.6 is 23.8 Å². The molecule has 1 aromatic carbocycles. The summed E-state index contributed by atoms with van der Waals surface area (Å²) in [6.45, 7) is 1.60. The van der Waals surface area contributed by atoms with Crippen molar-refractivity contribution < 1.29 is 4.74 Å². The maximum absolute atomic E-state index is 5.83. The number of ether oxygens (including phenoxy) is 1. The lowest BCUT2D eigenvalue weighted by Crippen LogP contribution is -2.29. The third-order valence-corrected chi connectivity index (χ3v) is 3.86.